The van der Waals surface area contributed by atoms with Gasteiger partial charge in [0.25, 0.3) is 5.91 Å². The molecule has 8 heteroatoms. The zero-order valence-electron chi connectivity index (χ0n) is 14.1. The van der Waals surface area contributed by atoms with Crippen molar-refractivity contribution in [3.8, 4) is 10.6 Å². The number of nitrogens with zero attached hydrogens (tertiary/aromatic N) is 2. The van der Waals surface area contributed by atoms with Crippen LogP contribution in [0.1, 0.15) is 29.8 Å². The molecule has 2 amide bonds. The highest BCUT2D eigenvalue weighted by Crippen LogP contribution is 2.23. The lowest BCUT2D eigenvalue weighted by atomic mass is 10.0. The normalized spacial score (nSPS) is 16.9. The molecule has 1 fully saturated rings. The number of hydrogen-bond donors (Lipinski definition) is 1. The number of rotatable bonds is 5. The molecule has 1 aliphatic heterocycles. The zero-order chi connectivity index (χ0) is 18.5. The standard InChI is InChI=1S/C18H19N3O4S/c19-16(23)14-8-4-5-9-21(14)15(22)10-25-18(24)13-11-26-17(20-13)12-6-2-1-3-7-12/h1-3,6-7,11,14H,4-5,8-10H2,(H2,19,23)/t14-/m0/s1. The molecule has 2 heterocycles. The summed E-state index contributed by atoms with van der Waals surface area (Å²) in [5.41, 5.74) is 6.42. The van der Waals surface area contributed by atoms with Crippen molar-refractivity contribution in [3.05, 3.63) is 41.4 Å². The first-order chi connectivity index (χ1) is 12.6. The highest BCUT2D eigenvalue weighted by atomic mass is 32.1. The SMILES string of the molecule is NC(=O)[C@@H]1CCCCN1C(=O)COC(=O)c1csc(-c2ccccc2)n1. The van der Waals surface area contributed by atoms with Crippen molar-refractivity contribution >= 4 is 29.1 Å². The molecule has 3 rings (SSSR count). The summed E-state index contributed by atoms with van der Waals surface area (Å²) in [7, 11) is 0. The first kappa shape index (κ1) is 18.1. The summed E-state index contributed by atoms with van der Waals surface area (Å²) in [6.45, 7) is 0.0135. The third kappa shape index (κ3) is 4.08. The van der Waals surface area contributed by atoms with Crippen molar-refractivity contribution < 1.29 is 19.1 Å². The van der Waals surface area contributed by atoms with Gasteiger partial charge in [-0.1, -0.05) is 30.3 Å². The second-order valence-corrected chi connectivity index (χ2v) is 6.84. The number of carbonyl (C=O) groups is 3. The average Bonchev–Trinajstić information content (AvgIpc) is 3.17. The summed E-state index contributed by atoms with van der Waals surface area (Å²) in [5, 5.41) is 2.30. The van der Waals surface area contributed by atoms with Crippen molar-refractivity contribution in [2.24, 2.45) is 5.73 Å². The maximum Gasteiger partial charge on any atom is 0.358 e. The van der Waals surface area contributed by atoms with E-state index in [1.54, 1.807) is 5.38 Å². The van der Waals surface area contributed by atoms with Gasteiger partial charge < -0.3 is 15.4 Å². The van der Waals surface area contributed by atoms with Crippen molar-refractivity contribution in [3.63, 3.8) is 0 Å². The van der Waals surface area contributed by atoms with Crippen LogP contribution in [0.15, 0.2) is 35.7 Å². The van der Waals surface area contributed by atoms with Gasteiger partial charge in [0, 0.05) is 17.5 Å². The molecule has 1 aliphatic rings. The maximum atomic E-state index is 12.3. The summed E-state index contributed by atoms with van der Waals surface area (Å²) in [4.78, 5) is 41.6. The Kier molecular flexibility index (Phi) is 5.62. The molecule has 0 bridgehead atoms. The Morgan fingerprint density at radius 3 is 2.73 bits per heavy atom. The van der Waals surface area contributed by atoms with Crippen molar-refractivity contribution in [2.45, 2.75) is 25.3 Å². The highest BCUT2D eigenvalue weighted by molar-refractivity contribution is 7.13. The molecule has 26 heavy (non-hydrogen) atoms. The lowest BCUT2D eigenvalue weighted by Crippen LogP contribution is -2.51. The van der Waals surface area contributed by atoms with E-state index >= 15 is 0 Å². The number of thiazole rings is 1. The van der Waals surface area contributed by atoms with Crippen LogP contribution >= 0.6 is 11.3 Å². The smallest absolute Gasteiger partial charge is 0.358 e. The number of benzene rings is 1. The third-order valence-electron chi connectivity index (χ3n) is 4.21. The minimum Gasteiger partial charge on any atom is -0.451 e. The Morgan fingerprint density at radius 1 is 1.23 bits per heavy atom. The Labute approximate surface area is 154 Å². The lowest BCUT2D eigenvalue weighted by Gasteiger charge is -2.33. The van der Waals surface area contributed by atoms with E-state index in [2.05, 4.69) is 4.98 Å². The van der Waals surface area contributed by atoms with Gasteiger partial charge >= 0.3 is 5.97 Å². The summed E-state index contributed by atoms with van der Waals surface area (Å²) in [5.74, 6) is -1.61. The molecular formula is C18H19N3O4S. The monoisotopic (exact) mass is 373 g/mol. The van der Waals surface area contributed by atoms with E-state index in [0.717, 1.165) is 18.4 Å². The van der Waals surface area contributed by atoms with E-state index in [4.69, 9.17) is 10.5 Å². The molecule has 0 aliphatic carbocycles. The minimum atomic E-state index is -0.663. The van der Waals surface area contributed by atoms with Gasteiger partial charge in [0.15, 0.2) is 12.3 Å². The molecular weight excluding hydrogens is 354 g/mol. The van der Waals surface area contributed by atoms with Gasteiger partial charge in [-0.3, -0.25) is 9.59 Å². The average molecular weight is 373 g/mol. The maximum absolute atomic E-state index is 12.3. The van der Waals surface area contributed by atoms with Gasteiger partial charge in [0.05, 0.1) is 0 Å². The molecule has 1 saturated heterocycles. The molecule has 0 saturated carbocycles. The molecule has 7 nitrogen and oxygen atoms in total. The van der Waals surface area contributed by atoms with Crippen molar-refractivity contribution in [1.82, 2.24) is 9.88 Å². The van der Waals surface area contributed by atoms with Gasteiger partial charge in [-0.25, -0.2) is 9.78 Å². The van der Waals surface area contributed by atoms with Gasteiger partial charge in [-0.05, 0) is 19.3 Å². The van der Waals surface area contributed by atoms with Crippen LogP contribution in [0, 0.1) is 0 Å². The fourth-order valence-corrected chi connectivity index (χ4v) is 3.69. The summed E-state index contributed by atoms with van der Waals surface area (Å²) >= 11 is 1.33. The van der Waals surface area contributed by atoms with Gasteiger partial charge in [0.2, 0.25) is 5.91 Å². The first-order valence-corrected chi connectivity index (χ1v) is 9.21. The number of amides is 2. The van der Waals surface area contributed by atoms with Crippen LogP contribution in [-0.2, 0) is 14.3 Å². The largest absolute Gasteiger partial charge is 0.451 e. The number of ether oxygens (including phenoxy) is 1. The van der Waals surface area contributed by atoms with Crippen LogP contribution in [0.3, 0.4) is 0 Å². The molecule has 0 spiro atoms. The highest BCUT2D eigenvalue weighted by Gasteiger charge is 2.31. The molecule has 1 atom stereocenters. The Bertz CT molecular complexity index is 806. The van der Waals surface area contributed by atoms with Crippen LogP contribution in [0.4, 0.5) is 0 Å². The predicted octanol–water partition coefficient (Wildman–Crippen LogP) is 1.83. The second-order valence-electron chi connectivity index (χ2n) is 5.98. The van der Waals surface area contributed by atoms with Crippen LogP contribution in [0.25, 0.3) is 10.6 Å². The van der Waals surface area contributed by atoms with Crippen LogP contribution in [-0.4, -0.2) is 46.9 Å². The number of carbonyl (C=O) groups excluding carboxylic acids is 3. The fraction of sp³-hybridized carbons (Fsp3) is 0.333. The number of nitrogens with two attached hydrogens (primary N) is 1. The third-order valence-corrected chi connectivity index (χ3v) is 5.10. The topological polar surface area (TPSA) is 103 Å². The molecule has 1 aromatic heterocycles. The predicted molar refractivity (Wildman–Crippen MR) is 96.4 cm³/mol. The Hall–Kier alpha value is -2.74. The van der Waals surface area contributed by atoms with Crippen LogP contribution in [0.5, 0.6) is 0 Å². The molecule has 0 radical (unpaired) electrons. The van der Waals surface area contributed by atoms with Crippen LogP contribution in [0.2, 0.25) is 0 Å². The number of piperidine rings is 1. The molecule has 0 unspecified atom stereocenters. The van der Waals surface area contributed by atoms with Crippen molar-refractivity contribution in [2.75, 3.05) is 13.2 Å². The first-order valence-electron chi connectivity index (χ1n) is 8.33. The fourth-order valence-electron chi connectivity index (χ4n) is 2.89. The number of likely N-dealkylation sites (tertiary alicyclic amines) is 1. The Balaban J connectivity index is 1.59. The number of aromatic nitrogens is 1. The van der Waals surface area contributed by atoms with E-state index in [1.807, 2.05) is 30.3 Å². The zero-order valence-corrected chi connectivity index (χ0v) is 14.9. The van der Waals surface area contributed by atoms with Gasteiger partial charge in [0.1, 0.15) is 11.0 Å². The van der Waals surface area contributed by atoms with E-state index in [1.165, 1.54) is 16.2 Å². The summed E-state index contributed by atoms with van der Waals surface area (Å²) in [6, 6.07) is 8.86. The number of primary amides is 1. The summed E-state index contributed by atoms with van der Waals surface area (Å²) < 4.78 is 5.08. The number of esters is 1. The van der Waals surface area contributed by atoms with Gasteiger partial charge in [-0.15, -0.1) is 11.3 Å². The van der Waals surface area contributed by atoms with E-state index in [-0.39, 0.29) is 5.69 Å². The molecule has 1 aromatic carbocycles. The quantitative estimate of drug-likeness (QED) is 0.806. The lowest BCUT2D eigenvalue weighted by molar-refractivity contribution is -0.143. The van der Waals surface area contributed by atoms with Crippen LogP contribution < -0.4 is 5.73 Å². The minimum absolute atomic E-state index is 0.159. The molecule has 136 valence electrons. The molecule has 2 N–H and O–H groups in total. The van der Waals surface area contributed by atoms with E-state index < -0.39 is 30.4 Å². The van der Waals surface area contributed by atoms with E-state index in [0.29, 0.717) is 18.0 Å². The Morgan fingerprint density at radius 2 is 2.00 bits per heavy atom. The number of hydrogen-bond acceptors (Lipinski definition) is 6. The summed E-state index contributed by atoms with van der Waals surface area (Å²) in [6.07, 6.45) is 2.19. The molecule has 2 aromatic rings. The van der Waals surface area contributed by atoms with Gasteiger partial charge in [-0.2, -0.15) is 0 Å². The van der Waals surface area contributed by atoms with Crippen molar-refractivity contribution in [1.29, 1.82) is 0 Å². The van der Waals surface area contributed by atoms with E-state index in [9.17, 15) is 14.4 Å². The second kappa shape index (κ2) is 8.09.